The van der Waals surface area contributed by atoms with Gasteiger partial charge in [-0.3, -0.25) is 4.79 Å². The van der Waals surface area contributed by atoms with Crippen molar-refractivity contribution in [3.63, 3.8) is 0 Å². The van der Waals surface area contributed by atoms with Crippen LogP contribution in [0.3, 0.4) is 0 Å². The second-order valence-electron chi connectivity index (χ2n) is 6.24. The number of quaternary nitrogens is 1. The summed E-state index contributed by atoms with van der Waals surface area (Å²) < 4.78 is 10.4. The lowest BCUT2D eigenvalue weighted by Gasteiger charge is -2.12. The molecule has 0 saturated carbocycles. The summed E-state index contributed by atoms with van der Waals surface area (Å²) in [6, 6.07) is 20.3. The fraction of sp³-hybridized carbons (Fsp3) is 0.0909. The van der Waals surface area contributed by atoms with Gasteiger partial charge in [-0.1, -0.05) is 6.07 Å². The predicted octanol–water partition coefficient (Wildman–Crippen LogP) is 2.29. The smallest absolute Gasteiger partial charge is 0.271 e. The molecule has 1 amide bonds. The van der Waals surface area contributed by atoms with Crippen LogP contribution >= 0.6 is 0 Å². The maximum absolute atomic E-state index is 12.5. The minimum Gasteiger partial charge on any atom is -0.595 e. The Kier molecular flexibility index (Phi) is 6.76. The molecule has 0 radical (unpaired) electrons. The van der Waals surface area contributed by atoms with Crippen molar-refractivity contribution in [3.8, 4) is 11.5 Å². The maximum atomic E-state index is 12.5. The molecule has 0 saturated heterocycles. The monoisotopic (exact) mass is 407 g/mol. The number of carbonyl (C=O) groups is 1. The summed E-state index contributed by atoms with van der Waals surface area (Å²) in [4.78, 5) is 12.5. The van der Waals surface area contributed by atoms with Crippen LogP contribution in [0.25, 0.3) is 0 Å². The molecular formula is C22H21N3O5. The van der Waals surface area contributed by atoms with Crippen molar-refractivity contribution in [2.24, 2.45) is 5.10 Å². The molecule has 3 rings (SSSR count). The summed E-state index contributed by atoms with van der Waals surface area (Å²) in [6.45, 7) is 0. The van der Waals surface area contributed by atoms with Crippen LogP contribution in [0.2, 0.25) is 0 Å². The van der Waals surface area contributed by atoms with Crippen LogP contribution in [-0.2, 0) is 0 Å². The number of hydrogen-bond acceptors (Lipinski definition) is 6. The van der Waals surface area contributed by atoms with Crippen LogP contribution in [0.1, 0.15) is 21.5 Å². The minimum absolute atomic E-state index is 0.0251. The van der Waals surface area contributed by atoms with Gasteiger partial charge in [-0.2, -0.15) is 10.3 Å². The van der Waals surface area contributed by atoms with Gasteiger partial charge in [0.15, 0.2) is 5.69 Å². The van der Waals surface area contributed by atoms with E-state index < -0.39 is 11.1 Å². The molecule has 0 aliphatic rings. The summed E-state index contributed by atoms with van der Waals surface area (Å²) >= 11 is 0. The molecule has 30 heavy (non-hydrogen) atoms. The van der Waals surface area contributed by atoms with E-state index >= 15 is 0 Å². The predicted molar refractivity (Wildman–Crippen MR) is 111 cm³/mol. The molecule has 8 heteroatoms. The van der Waals surface area contributed by atoms with E-state index in [9.17, 15) is 10.0 Å². The van der Waals surface area contributed by atoms with E-state index in [2.05, 4.69) is 10.5 Å². The van der Waals surface area contributed by atoms with Crippen molar-refractivity contribution in [3.05, 3.63) is 94.7 Å². The van der Waals surface area contributed by atoms with Gasteiger partial charge in [0.05, 0.1) is 19.9 Å². The quantitative estimate of drug-likeness (QED) is 0.411. The van der Waals surface area contributed by atoms with Gasteiger partial charge >= 0.3 is 0 Å². The van der Waals surface area contributed by atoms with Crippen molar-refractivity contribution in [1.82, 2.24) is 5.43 Å². The standard InChI is InChI=1S/C22H21N3O5/c1-29-19-10-6-15(7-11-19)21(16-8-12-20(30-2)13-9-16)23-24-22(26)17-4-3-5-18(14-17)25(27)28/h3-14,25,27H,1-2H3,(H,24,26). The minimum atomic E-state index is -1.11. The molecule has 0 bridgehead atoms. The number of carbonyl (C=O) groups excluding carboxylic acids is 1. The van der Waals surface area contributed by atoms with E-state index in [4.69, 9.17) is 14.7 Å². The van der Waals surface area contributed by atoms with Crippen LogP contribution in [0, 0.1) is 5.21 Å². The fourth-order valence-electron chi connectivity index (χ4n) is 2.76. The number of nitrogens with zero attached hydrogens (tertiary/aromatic N) is 1. The molecule has 3 aromatic rings. The molecule has 1 atom stereocenters. The average molecular weight is 407 g/mol. The molecule has 0 aliphatic carbocycles. The van der Waals surface area contributed by atoms with Gasteiger partial charge in [0.2, 0.25) is 0 Å². The normalized spacial score (nSPS) is 11.3. The first-order chi connectivity index (χ1) is 14.5. The van der Waals surface area contributed by atoms with Crippen LogP contribution in [0.15, 0.2) is 77.9 Å². The molecule has 154 valence electrons. The number of benzene rings is 3. The zero-order chi connectivity index (χ0) is 21.5. The molecule has 8 nitrogen and oxygen atoms in total. The van der Waals surface area contributed by atoms with Crippen molar-refractivity contribution in [2.75, 3.05) is 14.2 Å². The van der Waals surface area contributed by atoms with Crippen molar-refractivity contribution >= 4 is 17.3 Å². The van der Waals surface area contributed by atoms with Gasteiger partial charge in [0.25, 0.3) is 5.91 Å². The molecular weight excluding hydrogens is 386 g/mol. The number of nitrogens with one attached hydrogen (secondary N) is 2. The Balaban J connectivity index is 1.93. The van der Waals surface area contributed by atoms with E-state index in [0.717, 1.165) is 11.1 Å². The highest BCUT2D eigenvalue weighted by Gasteiger charge is 2.12. The van der Waals surface area contributed by atoms with E-state index in [1.807, 2.05) is 24.3 Å². The second kappa shape index (κ2) is 9.66. The van der Waals surface area contributed by atoms with E-state index in [1.165, 1.54) is 24.3 Å². The zero-order valence-corrected chi connectivity index (χ0v) is 16.5. The van der Waals surface area contributed by atoms with Gasteiger partial charge in [-0.05, 0) is 54.6 Å². The van der Waals surface area contributed by atoms with Gasteiger partial charge in [-0.25, -0.2) is 10.6 Å². The van der Waals surface area contributed by atoms with E-state index in [1.54, 1.807) is 38.5 Å². The number of hydrazone groups is 1. The van der Waals surface area contributed by atoms with E-state index in [0.29, 0.717) is 17.2 Å². The number of ether oxygens (including phenoxy) is 2. The van der Waals surface area contributed by atoms with Gasteiger partial charge in [0.1, 0.15) is 11.5 Å². The lowest BCUT2D eigenvalue weighted by atomic mass is 10.0. The highest BCUT2D eigenvalue weighted by Crippen LogP contribution is 2.18. The zero-order valence-electron chi connectivity index (χ0n) is 16.5. The van der Waals surface area contributed by atoms with Gasteiger partial charge in [-0.15, -0.1) is 0 Å². The van der Waals surface area contributed by atoms with Crippen LogP contribution in [0.5, 0.6) is 11.5 Å². The van der Waals surface area contributed by atoms with E-state index in [-0.39, 0.29) is 11.3 Å². The molecule has 3 aromatic carbocycles. The maximum Gasteiger partial charge on any atom is 0.271 e. The first kappa shape index (κ1) is 21.0. The molecule has 1 unspecified atom stereocenters. The Bertz CT molecular complexity index is 982. The third-order valence-electron chi connectivity index (χ3n) is 4.37. The summed E-state index contributed by atoms with van der Waals surface area (Å²) in [5.74, 6) is 0.877. The Labute approximate surface area is 173 Å². The lowest BCUT2D eigenvalue weighted by Crippen LogP contribution is -2.99. The van der Waals surface area contributed by atoms with Crippen LogP contribution < -0.4 is 20.1 Å². The fourth-order valence-corrected chi connectivity index (χ4v) is 2.76. The number of methoxy groups -OCH3 is 2. The SMILES string of the molecule is COc1ccc(C(=NNC(=O)c2cccc([NH+]([O-])O)c2)c2ccc(OC)cc2)cc1. The lowest BCUT2D eigenvalue weighted by molar-refractivity contribution is -0.991. The first-order valence-corrected chi connectivity index (χ1v) is 9.02. The molecule has 0 aliphatic heterocycles. The Morgan fingerprint density at radius 2 is 1.43 bits per heavy atom. The summed E-state index contributed by atoms with van der Waals surface area (Å²) in [5.41, 5.74) is 4.79. The highest BCUT2D eigenvalue weighted by molar-refractivity contribution is 6.13. The van der Waals surface area contributed by atoms with Crippen LogP contribution in [-0.4, -0.2) is 31.0 Å². The Morgan fingerprint density at radius 3 is 1.90 bits per heavy atom. The molecule has 0 heterocycles. The summed E-state index contributed by atoms with van der Waals surface area (Å²) in [7, 11) is 3.16. The van der Waals surface area contributed by atoms with Gasteiger partial charge in [0, 0.05) is 28.8 Å². The van der Waals surface area contributed by atoms with Crippen molar-refractivity contribution in [1.29, 1.82) is 0 Å². The summed E-state index contributed by atoms with van der Waals surface area (Å²) in [5, 5.41) is 23.5. The van der Waals surface area contributed by atoms with Crippen molar-refractivity contribution in [2.45, 2.75) is 0 Å². The third-order valence-corrected chi connectivity index (χ3v) is 4.37. The second-order valence-corrected chi connectivity index (χ2v) is 6.24. The third kappa shape index (κ3) is 5.00. The highest BCUT2D eigenvalue weighted by atomic mass is 16.8. The van der Waals surface area contributed by atoms with Crippen molar-refractivity contribution < 1.29 is 24.7 Å². The molecule has 0 fully saturated rings. The summed E-state index contributed by atoms with van der Waals surface area (Å²) in [6.07, 6.45) is 0. The van der Waals surface area contributed by atoms with Crippen LogP contribution in [0.4, 0.5) is 5.69 Å². The molecule has 3 N–H and O–H groups in total. The average Bonchev–Trinajstić information content (AvgIpc) is 2.80. The van der Waals surface area contributed by atoms with Gasteiger partial charge < -0.3 is 14.7 Å². The molecule has 0 aromatic heterocycles. The number of hydrogen-bond donors (Lipinski definition) is 3. The Hall–Kier alpha value is -3.72. The topological polar surface area (TPSA) is 108 Å². The molecule has 0 spiro atoms. The number of amides is 1. The first-order valence-electron chi connectivity index (χ1n) is 9.02. The largest absolute Gasteiger partial charge is 0.595 e. The Morgan fingerprint density at radius 1 is 0.900 bits per heavy atom. The number of rotatable bonds is 7.